The Morgan fingerprint density at radius 1 is 1.55 bits per heavy atom. The number of nitrogens with zero attached hydrogens (tertiary/aromatic N) is 1. The van der Waals surface area contributed by atoms with Crippen molar-refractivity contribution in [3.05, 3.63) is 28.2 Å². The zero-order chi connectivity index (χ0) is 14.4. The third-order valence-corrected chi connectivity index (χ3v) is 4.52. The van der Waals surface area contributed by atoms with Crippen LogP contribution >= 0.6 is 11.3 Å². The third-order valence-electron chi connectivity index (χ3n) is 3.36. The number of nitrogens with one attached hydrogen (secondary N) is 1. The first-order chi connectivity index (χ1) is 9.70. The molecule has 1 heterocycles. The molecule has 110 valence electrons. The highest BCUT2D eigenvalue weighted by atomic mass is 32.1. The molecular formula is C15H22N2O2S. The summed E-state index contributed by atoms with van der Waals surface area (Å²) in [5.74, 6) is -0.0813. The summed E-state index contributed by atoms with van der Waals surface area (Å²) in [5.41, 5.74) is 1.24. The maximum Gasteiger partial charge on any atom is 0.249 e. The Labute approximate surface area is 124 Å². The van der Waals surface area contributed by atoms with Gasteiger partial charge in [-0.25, -0.2) is 4.98 Å². The van der Waals surface area contributed by atoms with Gasteiger partial charge in [0.15, 0.2) is 0 Å². The molecule has 0 aromatic carbocycles. The summed E-state index contributed by atoms with van der Waals surface area (Å²) < 4.78 is 5.41. The standard InChI is InChI=1S/C15H22N2O2S/c1-3-4-9-19-11(2)15(18)16-10-14-17-12-7-5-6-8-13(12)20-14/h3,11H,1,4-10H2,2H3,(H,16,18)/t11-/m0/s1. The lowest BCUT2D eigenvalue weighted by atomic mass is 10.0. The molecule has 1 aromatic heterocycles. The second-order valence-corrected chi connectivity index (χ2v) is 6.16. The number of rotatable bonds is 7. The molecule has 20 heavy (non-hydrogen) atoms. The van der Waals surface area contributed by atoms with Gasteiger partial charge in [0.25, 0.3) is 0 Å². The van der Waals surface area contributed by atoms with Crippen molar-refractivity contribution in [2.75, 3.05) is 6.61 Å². The van der Waals surface area contributed by atoms with Crippen molar-refractivity contribution in [3.63, 3.8) is 0 Å². The monoisotopic (exact) mass is 294 g/mol. The normalized spacial score (nSPS) is 15.4. The Morgan fingerprint density at radius 2 is 2.35 bits per heavy atom. The highest BCUT2D eigenvalue weighted by molar-refractivity contribution is 7.11. The van der Waals surface area contributed by atoms with Gasteiger partial charge in [-0.15, -0.1) is 17.9 Å². The molecule has 0 bridgehead atoms. The number of carbonyl (C=O) groups excluding carboxylic acids is 1. The van der Waals surface area contributed by atoms with E-state index in [1.807, 2.05) is 0 Å². The van der Waals surface area contributed by atoms with Gasteiger partial charge in [0.2, 0.25) is 5.91 Å². The molecule has 1 atom stereocenters. The Balaban J connectivity index is 1.77. The Kier molecular flexibility index (Phi) is 5.73. The highest BCUT2D eigenvalue weighted by Gasteiger charge is 2.17. The molecule has 0 spiro atoms. The molecule has 0 unspecified atom stereocenters. The number of thiazole rings is 1. The average Bonchev–Trinajstić information content (AvgIpc) is 2.87. The van der Waals surface area contributed by atoms with Crippen LogP contribution in [-0.4, -0.2) is 23.6 Å². The number of aryl methyl sites for hydroxylation is 2. The van der Waals surface area contributed by atoms with Gasteiger partial charge in [-0.2, -0.15) is 0 Å². The van der Waals surface area contributed by atoms with Crippen LogP contribution in [-0.2, 0) is 28.9 Å². The van der Waals surface area contributed by atoms with Crippen molar-refractivity contribution in [1.82, 2.24) is 10.3 Å². The number of hydrogen-bond acceptors (Lipinski definition) is 4. The second kappa shape index (κ2) is 7.55. The largest absolute Gasteiger partial charge is 0.368 e. The van der Waals surface area contributed by atoms with E-state index < -0.39 is 6.10 Å². The molecular weight excluding hydrogens is 272 g/mol. The SMILES string of the molecule is C=CCCO[C@@H](C)C(=O)NCc1nc2c(s1)CCCC2. The summed E-state index contributed by atoms with van der Waals surface area (Å²) in [6.45, 7) is 6.43. The third kappa shape index (κ3) is 4.15. The van der Waals surface area contributed by atoms with Crippen LogP contribution < -0.4 is 5.32 Å². The first kappa shape index (κ1) is 15.2. The van der Waals surface area contributed by atoms with E-state index in [-0.39, 0.29) is 5.91 Å². The van der Waals surface area contributed by atoms with Gasteiger partial charge in [-0.1, -0.05) is 6.08 Å². The van der Waals surface area contributed by atoms with Crippen LogP contribution in [0.2, 0.25) is 0 Å². The van der Waals surface area contributed by atoms with Gasteiger partial charge < -0.3 is 10.1 Å². The van der Waals surface area contributed by atoms with Gasteiger partial charge in [0, 0.05) is 4.88 Å². The molecule has 1 amide bonds. The lowest BCUT2D eigenvalue weighted by Crippen LogP contribution is -2.34. The summed E-state index contributed by atoms with van der Waals surface area (Å²) in [6.07, 6.45) is 6.83. The Bertz CT molecular complexity index is 447. The number of hydrogen-bond donors (Lipinski definition) is 1. The number of fused-ring (bicyclic) bond motifs is 1. The lowest BCUT2D eigenvalue weighted by Gasteiger charge is -2.11. The molecule has 4 nitrogen and oxygen atoms in total. The van der Waals surface area contributed by atoms with Crippen molar-refractivity contribution in [1.29, 1.82) is 0 Å². The predicted octanol–water partition coefficient (Wildman–Crippen LogP) is 2.62. The first-order valence-electron chi connectivity index (χ1n) is 7.18. The molecule has 2 rings (SSSR count). The molecule has 1 aliphatic rings. The fourth-order valence-electron chi connectivity index (χ4n) is 2.19. The zero-order valence-electron chi connectivity index (χ0n) is 12.0. The van der Waals surface area contributed by atoms with E-state index in [1.165, 1.54) is 23.4 Å². The van der Waals surface area contributed by atoms with Gasteiger partial charge in [0.1, 0.15) is 11.1 Å². The van der Waals surface area contributed by atoms with Crippen LogP contribution in [0.15, 0.2) is 12.7 Å². The van der Waals surface area contributed by atoms with Gasteiger partial charge in [-0.3, -0.25) is 4.79 Å². The van der Waals surface area contributed by atoms with E-state index in [0.717, 1.165) is 24.3 Å². The van der Waals surface area contributed by atoms with Crippen molar-refractivity contribution in [2.45, 2.75) is 51.7 Å². The van der Waals surface area contributed by atoms with E-state index in [4.69, 9.17) is 4.74 Å². The quantitative estimate of drug-likeness (QED) is 0.621. The van der Waals surface area contributed by atoms with E-state index in [2.05, 4.69) is 16.9 Å². The summed E-state index contributed by atoms with van der Waals surface area (Å²) in [4.78, 5) is 17.9. The van der Waals surface area contributed by atoms with Crippen molar-refractivity contribution in [3.8, 4) is 0 Å². The Morgan fingerprint density at radius 3 is 3.10 bits per heavy atom. The topological polar surface area (TPSA) is 51.2 Å². The summed E-state index contributed by atoms with van der Waals surface area (Å²) in [7, 11) is 0. The second-order valence-electron chi connectivity index (χ2n) is 4.99. The smallest absolute Gasteiger partial charge is 0.249 e. The first-order valence-corrected chi connectivity index (χ1v) is 8.00. The lowest BCUT2D eigenvalue weighted by molar-refractivity contribution is -0.131. The number of carbonyl (C=O) groups is 1. The summed E-state index contributed by atoms with van der Waals surface area (Å²) in [5, 5.41) is 3.90. The van der Waals surface area contributed by atoms with Crippen LogP contribution in [0.25, 0.3) is 0 Å². The number of ether oxygens (including phenoxy) is 1. The predicted molar refractivity (Wildman–Crippen MR) is 80.8 cm³/mol. The van der Waals surface area contributed by atoms with Crippen LogP contribution in [0.1, 0.15) is 41.8 Å². The molecule has 0 radical (unpaired) electrons. The minimum Gasteiger partial charge on any atom is -0.368 e. The summed E-state index contributed by atoms with van der Waals surface area (Å²) in [6, 6.07) is 0. The minimum atomic E-state index is -0.426. The van der Waals surface area contributed by atoms with Crippen molar-refractivity contribution < 1.29 is 9.53 Å². The van der Waals surface area contributed by atoms with E-state index in [9.17, 15) is 4.79 Å². The molecule has 0 saturated heterocycles. The molecule has 0 saturated carbocycles. The minimum absolute atomic E-state index is 0.0813. The fourth-order valence-corrected chi connectivity index (χ4v) is 3.29. The number of amides is 1. The Hall–Kier alpha value is -1.20. The fraction of sp³-hybridized carbons (Fsp3) is 0.600. The van der Waals surface area contributed by atoms with E-state index in [1.54, 1.807) is 24.3 Å². The molecule has 5 heteroatoms. The van der Waals surface area contributed by atoms with Crippen LogP contribution in [0.3, 0.4) is 0 Å². The molecule has 1 aromatic rings. The molecule has 0 aliphatic heterocycles. The van der Waals surface area contributed by atoms with Crippen LogP contribution in [0.4, 0.5) is 0 Å². The van der Waals surface area contributed by atoms with E-state index in [0.29, 0.717) is 13.2 Å². The highest BCUT2D eigenvalue weighted by Crippen LogP contribution is 2.26. The average molecular weight is 294 g/mol. The molecule has 1 aliphatic carbocycles. The maximum atomic E-state index is 11.9. The van der Waals surface area contributed by atoms with Gasteiger partial charge in [0.05, 0.1) is 18.8 Å². The van der Waals surface area contributed by atoms with Crippen LogP contribution in [0.5, 0.6) is 0 Å². The van der Waals surface area contributed by atoms with Crippen LogP contribution in [0, 0.1) is 0 Å². The molecule has 1 N–H and O–H groups in total. The van der Waals surface area contributed by atoms with Gasteiger partial charge >= 0.3 is 0 Å². The maximum absolute atomic E-state index is 11.9. The zero-order valence-corrected chi connectivity index (χ0v) is 12.8. The number of aromatic nitrogens is 1. The summed E-state index contributed by atoms with van der Waals surface area (Å²) >= 11 is 1.73. The van der Waals surface area contributed by atoms with E-state index >= 15 is 0 Å². The van der Waals surface area contributed by atoms with Crippen molar-refractivity contribution >= 4 is 17.2 Å². The van der Waals surface area contributed by atoms with Crippen molar-refractivity contribution in [2.24, 2.45) is 0 Å². The van der Waals surface area contributed by atoms with Gasteiger partial charge in [-0.05, 0) is 39.0 Å². The molecule has 0 fully saturated rings.